The first-order valence-corrected chi connectivity index (χ1v) is 6.44. The molecule has 5 heteroatoms. The number of methoxy groups -OCH3 is 1. The van der Waals surface area contributed by atoms with Gasteiger partial charge in [0.25, 0.3) is 0 Å². The highest BCUT2D eigenvalue weighted by Crippen LogP contribution is 2.27. The van der Waals surface area contributed by atoms with Crippen LogP contribution in [0.2, 0.25) is 0 Å². The minimum absolute atomic E-state index is 0.0563. The molecule has 0 spiro atoms. The normalized spacial score (nSPS) is 12.5. The number of anilines is 1. The summed E-state index contributed by atoms with van der Waals surface area (Å²) in [5.41, 5.74) is 8.71. The Morgan fingerprint density at radius 2 is 1.85 bits per heavy atom. The standard InChI is InChI=1S/C15H16N4O/c1-10(11-6-4-3-5-7-11)19-14-12(17-15(19)16)8-9-13(18-14)20-2/h3-10H,1-2H3,(H2,16,17). The molecule has 3 aromatic rings. The lowest BCUT2D eigenvalue weighted by atomic mass is 10.1. The van der Waals surface area contributed by atoms with Gasteiger partial charge >= 0.3 is 0 Å². The number of rotatable bonds is 3. The van der Waals surface area contributed by atoms with Crippen molar-refractivity contribution >= 4 is 17.1 Å². The van der Waals surface area contributed by atoms with E-state index >= 15 is 0 Å². The van der Waals surface area contributed by atoms with Gasteiger partial charge in [0.15, 0.2) is 5.65 Å². The average Bonchev–Trinajstić information content (AvgIpc) is 2.82. The first kappa shape index (κ1) is 12.5. The highest BCUT2D eigenvalue weighted by Gasteiger charge is 2.17. The number of nitrogens with zero attached hydrogens (tertiary/aromatic N) is 3. The molecule has 2 N–H and O–H groups in total. The lowest BCUT2D eigenvalue weighted by Gasteiger charge is -2.15. The molecule has 0 saturated carbocycles. The van der Waals surface area contributed by atoms with Gasteiger partial charge in [-0.2, -0.15) is 4.98 Å². The number of pyridine rings is 1. The van der Waals surface area contributed by atoms with Gasteiger partial charge in [0, 0.05) is 6.07 Å². The molecule has 0 radical (unpaired) electrons. The van der Waals surface area contributed by atoms with Crippen molar-refractivity contribution in [1.82, 2.24) is 14.5 Å². The fraction of sp³-hybridized carbons (Fsp3) is 0.200. The quantitative estimate of drug-likeness (QED) is 0.793. The third-order valence-electron chi connectivity index (χ3n) is 3.42. The van der Waals surface area contributed by atoms with Gasteiger partial charge in [-0.15, -0.1) is 0 Å². The Balaban J connectivity index is 2.17. The van der Waals surface area contributed by atoms with Crippen molar-refractivity contribution in [2.75, 3.05) is 12.8 Å². The summed E-state index contributed by atoms with van der Waals surface area (Å²) in [7, 11) is 1.60. The third-order valence-corrected chi connectivity index (χ3v) is 3.42. The summed E-state index contributed by atoms with van der Waals surface area (Å²) in [5.74, 6) is 1.01. The second-order valence-electron chi connectivity index (χ2n) is 4.62. The van der Waals surface area contributed by atoms with Crippen LogP contribution in [0.4, 0.5) is 5.95 Å². The Hall–Kier alpha value is -2.56. The van der Waals surface area contributed by atoms with Crippen LogP contribution < -0.4 is 10.5 Å². The summed E-state index contributed by atoms with van der Waals surface area (Å²) in [6.07, 6.45) is 0. The molecule has 0 bridgehead atoms. The maximum absolute atomic E-state index is 6.05. The number of fused-ring (bicyclic) bond motifs is 1. The maximum Gasteiger partial charge on any atom is 0.215 e. The summed E-state index contributed by atoms with van der Waals surface area (Å²) in [5, 5.41) is 0. The fourth-order valence-electron chi connectivity index (χ4n) is 2.35. The number of nitrogens with two attached hydrogens (primary N) is 1. The van der Waals surface area contributed by atoms with E-state index in [1.165, 1.54) is 0 Å². The smallest absolute Gasteiger partial charge is 0.215 e. The van der Waals surface area contributed by atoms with Crippen LogP contribution in [0.1, 0.15) is 18.5 Å². The fourth-order valence-corrected chi connectivity index (χ4v) is 2.35. The van der Waals surface area contributed by atoms with Gasteiger partial charge in [-0.1, -0.05) is 30.3 Å². The Bertz CT molecular complexity index is 736. The number of aromatic nitrogens is 3. The van der Waals surface area contributed by atoms with Crippen molar-refractivity contribution < 1.29 is 4.74 Å². The average molecular weight is 268 g/mol. The molecule has 2 aromatic heterocycles. The molecule has 20 heavy (non-hydrogen) atoms. The van der Waals surface area contributed by atoms with Crippen LogP contribution in [-0.2, 0) is 0 Å². The molecule has 2 heterocycles. The molecule has 1 atom stereocenters. The second-order valence-corrected chi connectivity index (χ2v) is 4.62. The largest absolute Gasteiger partial charge is 0.481 e. The third kappa shape index (κ3) is 1.97. The van der Waals surface area contributed by atoms with E-state index in [1.54, 1.807) is 13.2 Å². The van der Waals surface area contributed by atoms with Gasteiger partial charge < -0.3 is 10.5 Å². The van der Waals surface area contributed by atoms with Crippen molar-refractivity contribution in [2.45, 2.75) is 13.0 Å². The van der Waals surface area contributed by atoms with Crippen molar-refractivity contribution in [1.29, 1.82) is 0 Å². The van der Waals surface area contributed by atoms with E-state index in [2.05, 4.69) is 29.0 Å². The van der Waals surface area contributed by atoms with Crippen LogP contribution in [-0.4, -0.2) is 21.6 Å². The zero-order chi connectivity index (χ0) is 14.1. The first-order chi connectivity index (χ1) is 9.70. The zero-order valence-corrected chi connectivity index (χ0v) is 11.4. The van der Waals surface area contributed by atoms with E-state index in [-0.39, 0.29) is 6.04 Å². The molecule has 0 amide bonds. The SMILES string of the molecule is COc1ccc2nc(N)n(C(C)c3ccccc3)c2n1. The predicted octanol–water partition coefficient (Wildman–Crippen LogP) is 2.63. The van der Waals surface area contributed by atoms with Gasteiger partial charge in [0.05, 0.1) is 13.2 Å². The minimum Gasteiger partial charge on any atom is -0.481 e. The Morgan fingerprint density at radius 3 is 2.55 bits per heavy atom. The maximum atomic E-state index is 6.05. The van der Waals surface area contributed by atoms with Gasteiger partial charge in [0.1, 0.15) is 5.52 Å². The summed E-state index contributed by atoms with van der Waals surface area (Å²) in [4.78, 5) is 8.82. The van der Waals surface area contributed by atoms with Gasteiger partial charge in [-0.3, -0.25) is 4.57 Å². The lowest BCUT2D eigenvalue weighted by Crippen LogP contribution is -2.10. The number of benzene rings is 1. The molecule has 1 aromatic carbocycles. The van der Waals surface area contributed by atoms with E-state index < -0.39 is 0 Å². The van der Waals surface area contributed by atoms with Crippen LogP contribution in [0.25, 0.3) is 11.2 Å². The van der Waals surface area contributed by atoms with E-state index in [0.29, 0.717) is 11.8 Å². The molecule has 0 saturated heterocycles. The number of hydrogen-bond acceptors (Lipinski definition) is 4. The highest BCUT2D eigenvalue weighted by atomic mass is 16.5. The number of imidazole rings is 1. The minimum atomic E-state index is 0.0563. The van der Waals surface area contributed by atoms with Crippen molar-refractivity contribution in [3.8, 4) is 5.88 Å². The monoisotopic (exact) mass is 268 g/mol. The van der Waals surface area contributed by atoms with Crippen LogP contribution >= 0.6 is 0 Å². The first-order valence-electron chi connectivity index (χ1n) is 6.44. The number of hydrogen-bond donors (Lipinski definition) is 1. The Morgan fingerprint density at radius 1 is 1.10 bits per heavy atom. The molecular formula is C15H16N4O. The van der Waals surface area contributed by atoms with E-state index in [0.717, 1.165) is 16.7 Å². The Kier molecular flexibility index (Phi) is 3.02. The summed E-state index contributed by atoms with van der Waals surface area (Å²) in [6, 6.07) is 13.8. The van der Waals surface area contributed by atoms with Gasteiger partial charge in [0.2, 0.25) is 11.8 Å². The summed E-state index contributed by atoms with van der Waals surface area (Å²) >= 11 is 0. The molecule has 0 aliphatic heterocycles. The molecule has 3 rings (SSSR count). The predicted molar refractivity (Wildman–Crippen MR) is 78.7 cm³/mol. The van der Waals surface area contributed by atoms with Crippen LogP contribution in [0.3, 0.4) is 0 Å². The second kappa shape index (κ2) is 4.85. The zero-order valence-electron chi connectivity index (χ0n) is 11.4. The molecule has 0 aliphatic carbocycles. The summed E-state index contributed by atoms with van der Waals surface area (Å²) in [6.45, 7) is 2.08. The van der Waals surface area contributed by atoms with Crippen molar-refractivity contribution in [3.05, 3.63) is 48.0 Å². The molecule has 1 unspecified atom stereocenters. The summed E-state index contributed by atoms with van der Waals surface area (Å²) < 4.78 is 7.10. The van der Waals surface area contributed by atoms with Crippen molar-refractivity contribution in [2.24, 2.45) is 0 Å². The topological polar surface area (TPSA) is 66.0 Å². The van der Waals surface area contributed by atoms with Crippen LogP contribution in [0.15, 0.2) is 42.5 Å². The highest BCUT2D eigenvalue weighted by molar-refractivity contribution is 5.75. The van der Waals surface area contributed by atoms with Gasteiger partial charge in [-0.05, 0) is 18.6 Å². The van der Waals surface area contributed by atoms with Gasteiger partial charge in [-0.25, -0.2) is 4.98 Å². The number of ether oxygens (including phenoxy) is 1. The van der Waals surface area contributed by atoms with E-state index in [4.69, 9.17) is 10.5 Å². The number of nitrogen functional groups attached to an aromatic ring is 1. The molecule has 5 nitrogen and oxygen atoms in total. The molecule has 0 aliphatic rings. The van der Waals surface area contributed by atoms with E-state index in [1.807, 2.05) is 28.8 Å². The lowest BCUT2D eigenvalue weighted by molar-refractivity contribution is 0.399. The van der Waals surface area contributed by atoms with Crippen molar-refractivity contribution in [3.63, 3.8) is 0 Å². The molecular weight excluding hydrogens is 252 g/mol. The van der Waals surface area contributed by atoms with Crippen LogP contribution in [0.5, 0.6) is 5.88 Å². The molecule has 102 valence electrons. The molecule has 0 fully saturated rings. The van der Waals surface area contributed by atoms with E-state index in [9.17, 15) is 0 Å². The Labute approximate surface area is 117 Å². The van der Waals surface area contributed by atoms with Crippen LogP contribution in [0, 0.1) is 0 Å².